The third kappa shape index (κ3) is 11.5. The van der Waals surface area contributed by atoms with Crippen LogP contribution in [0.2, 0.25) is 0 Å². The Bertz CT molecular complexity index is 1190. The largest absolute Gasteiger partial charge is 0.496 e. The first kappa shape index (κ1) is 33.0. The predicted octanol–water partition coefficient (Wildman–Crippen LogP) is 6.11. The van der Waals surface area contributed by atoms with Crippen LogP contribution in [0.25, 0.3) is 0 Å². The molecule has 1 atom stereocenters. The summed E-state index contributed by atoms with van der Waals surface area (Å²) in [5.41, 5.74) is 1.70. The van der Waals surface area contributed by atoms with Crippen LogP contribution < -0.4 is 18.4 Å². The number of carboxylic acid groups (broad SMARTS) is 1. The summed E-state index contributed by atoms with van der Waals surface area (Å²) in [5, 5.41) is 8.91. The summed E-state index contributed by atoms with van der Waals surface area (Å²) < 4.78 is 53.0. The highest BCUT2D eigenvalue weighted by Crippen LogP contribution is 2.34. The molecule has 0 aliphatic rings. The number of ether oxygens (including phenoxy) is 4. The molecule has 10 heteroatoms. The van der Waals surface area contributed by atoms with Crippen LogP contribution in [-0.4, -0.2) is 52.2 Å². The van der Waals surface area contributed by atoms with E-state index < -0.39 is 16.1 Å². The van der Waals surface area contributed by atoms with Gasteiger partial charge in [0.1, 0.15) is 11.5 Å². The van der Waals surface area contributed by atoms with Crippen molar-refractivity contribution in [2.75, 3.05) is 32.7 Å². The molecule has 0 fully saturated rings. The zero-order valence-electron chi connectivity index (χ0n) is 23.9. The van der Waals surface area contributed by atoms with Gasteiger partial charge in [0, 0.05) is 25.2 Å². The van der Waals surface area contributed by atoms with E-state index in [2.05, 4.69) is 6.92 Å². The molecule has 9 nitrogen and oxygen atoms in total. The highest BCUT2D eigenvalue weighted by molar-refractivity contribution is 7.87. The van der Waals surface area contributed by atoms with E-state index in [1.807, 2.05) is 32.0 Å². The maximum absolute atomic E-state index is 12.2. The molecule has 2 aromatic carbocycles. The second-order valence-electron chi connectivity index (χ2n) is 9.10. The number of carbonyl (C=O) groups is 1. The van der Waals surface area contributed by atoms with Crippen LogP contribution in [-0.2, 0) is 26.1 Å². The number of carboxylic acids is 1. The van der Waals surface area contributed by atoms with Gasteiger partial charge in [0.05, 0.1) is 32.2 Å². The fraction of sp³-hybridized carbons (Fsp3) is 0.500. The quantitative estimate of drug-likeness (QED) is 0.113. The third-order valence-corrected chi connectivity index (χ3v) is 7.17. The summed E-state index contributed by atoms with van der Waals surface area (Å²) in [4.78, 5) is 10.9. The monoisotopic (exact) mass is 578 g/mol. The first-order valence-electron chi connectivity index (χ1n) is 13.7. The van der Waals surface area contributed by atoms with Gasteiger partial charge in [-0.1, -0.05) is 44.9 Å². The number of unbranched alkanes of at least 4 members (excludes halogenated alkanes) is 2. The highest BCUT2D eigenvalue weighted by atomic mass is 32.2. The smallest absolute Gasteiger partial charge is 0.327 e. The van der Waals surface area contributed by atoms with Crippen LogP contribution in [0.5, 0.6) is 23.0 Å². The number of aliphatic carboxylic acids is 1. The van der Waals surface area contributed by atoms with Crippen LogP contribution in [0.1, 0.15) is 70.1 Å². The Labute approximate surface area is 238 Å². The van der Waals surface area contributed by atoms with Gasteiger partial charge in [0.2, 0.25) is 0 Å². The van der Waals surface area contributed by atoms with Crippen molar-refractivity contribution >= 4 is 16.1 Å². The maximum atomic E-state index is 12.2. The summed E-state index contributed by atoms with van der Waals surface area (Å²) in [6.07, 6.45) is 6.45. The van der Waals surface area contributed by atoms with E-state index in [9.17, 15) is 13.2 Å². The van der Waals surface area contributed by atoms with Crippen molar-refractivity contribution in [3.05, 3.63) is 59.7 Å². The molecule has 0 saturated heterocycles. The van der Waals surface area contributed by atoms with Gasteiger partial charge in [-0.05, 0) is 55.5 Å². The Morgan fingerprint density at radius 1 is 0.950 bits per heavy atom. The molecule has 0 radical (unpaired) electrons. The normalized spacial score (nSPS) is 12.3. The molecule has 0 spiro atoms. The van der Waals surface area contributed by atoms with E-state index in [-0.39, 0.29) is 17.6 Å². The van der Waals surface area contributed by atoms with Crippen molar-refractivity contribution in [2.24, 2.45) is 0 Å². The zero-order chi connectivity index (χ0) is 29.4. The van der Waals surface area contributed by atoms with Gasteiger partial charge in [0.15, 0.2) is 11.5 Å². The molecular formula is C30H42O9S. The van der Waals surface area contributed by atoms with Crippen molar-refractivity contribution < 1.29 is 41.4 Å². The lowest BCUT2D eigenvalue weighted by molar-refractivity contribution is -0.131. The minimum Gasteiger partial charge on any atom is -0.496 e. The molecule has 222 valence electrons. The second-order valence-corrected chi connectivity index (χ2v) is 10.8. The van der Waals surface area contributed by atoms with Gasteiger partial charge in [0.25, 0.3) is 0 Å². The van der Waals surface area contributed by atoms with Gasteiger partial charge in [-0.2, -0.15) is 8.42 Å². The number of hydrogen-bond acceptors (Lipinski definition) is 8. The van der Waals surface area contributed by atoms with Crippen LogP contribution in [0.15, 0.2) is 48.6 Å². The minimum absolute atomic E-state index is 0.0345. The van der Waals surface area contributed by atoms with Crippen molar-refractivity contribution in [3.8, 4) is 23.0 Å². The second kappa shape index (κ2) is 17.5. The third-order valence-electron chi connectivity index (χ3n) is 5.93. The van der Waals surface area contributed by atoms with E-state index in [1.165, 1.54) is 7.11 Å². The zero-order valence-corrected chi connectivity index (χ0v) is 24.7. The molecule has 0 aliphatic heterocycles. The van der Waals surface area contributed by atoms with Gasteiger partial charge in [-0.3, -0.25) is 0 Å². The highest BCUT2D eigenvalue weighted by Gasteiger charge is 2.16. The van der Waals surface area contributed by atoms with Crippen LogP contribution in [0.4, 0.5) is 0 Å². The number of rotatable bonds is 20. The van der Waals surface area contributed by atoms with E-state index in [1.54, 1.807) is 24.3 Å². The van der Waals surface area contributed by atoms with Crippen LogP contribution in [0.3, 0.4) is 0 Å². The van der Waals surface area contributed by atoms with Gasteiger partial charge in [-0.15, -0.1) is 0 Å². The lowest BCUT2D eigenvalue weighted by atomic mass is 10.1. The summed E-state index contributed by atoms with van der Waals surface area (Å²) in [7, 11) is -2.14. The molecule has 1 N–H and O–H groups in total. The molecule has 0 bridgehead atoms. The summed E-state index contributed by atoms with van der Waals surface area (Å²) in [5.74, 6) is 0.853. The average Bonchev–Trinajstić information content (AvgIpc) is 2.92. The molecular weight excluding hydrogens is 536 g/mol. The standard InChI is InChI=1S/C30H42O9S/c1-5-8-18-37-29-21-24(26(36-7-3)11-10-12-30(31)32)14-16-27(29)38-19-17-23-13-15-25(22-28(23)35-4)39-40(33,34)20-9-6-2/h10,12-16,21-22,26H,5-9,11,17-20H2,1-4H3,(H,31,32). The molecule has 0 saturated carbocycles. The molecule has 0 amide bonds. The Morgan fingerprint density at radius 2 is 1.70 bits per heavy atom. The molecule has 40 heavy (non-hydrogen) atoms. The molecule has 1 unspecified atom stereocenters. The number of benzene rings is 2. The van der Waals surface area contributed by atoms with E-state index in [0.29, 0.717) is 56.3 Å². The van der Waals surface area contributed by atoms with Crippen molar-refractivity contribution in [2.45, 2.75) is 65.4 Å². The van der Waals surface area contributed by atoms with Crippen molar-refractivity contribution in [3.63, 3.8) is 0 Å². The first-order valence-corrected chi connectivity index (χ1v) is 15.3. The fourth-order valence-corrected chi connectivity index (χ4v) is 4.96. The number of methoxy groups -OCH3 is 1. The van der Waals surface area contributed by atoms with Crippen molar-refractivity contribution in [1.82, 2.24) is 0 Å². The van der Waals surface area contributed by atoms with E-state index >= 15 is 0 Å². The molecule has 0 aliphatic carbocycles. The minimum atomic E-state index is -3.66. The molecule has 2 aromatic rings. The molecule has 0 heterocycles. The molecule has 0 aromatic heterocycles. The first-order chi connectivity index (χ1) is 19.2. The van der Waals surface area contributed by atoms with E-state index in [0.717, 1.165) is 36.5 Å². The SMILES string of the molecule is CCCCOc1cc(C(CC=CC(=O)O)OCC)ccc1OCCc1ccc(OS(=O)(=O)CCCC)cc1OC. The summed E-state index contributed by atoms with van der Waals surface area (Å²) >= 11 is 0. The Balaban J connectivity index is 2.15. The maximum Gasteiger partial charge on any atom is 0.327 e. The van der Waals surface area contributed by atoms with Crippen molar-refractivity contribution in [1.29, 1.82) is 0 Å². The number of hydrogen-bond donors (Lipinski definition) is 1. The van der Waals surface area contributed by atoms with E-state index in [4.69, 9.17) is 28.2 Å². The summed E-state index contributed by atoms with van der Waals surface area (Å²) in [6, 6.07) is 10.6. The molecule has 2 rings (SSSR count). The fourth-order valence-electron chi connectivity index (χ4n) is 3.84. The topological polar surface area (TPSA) is 118 Å². The predicted molar refractivity (Wildman–Crippen MR) is 154 cm³/mol. The van der Waals surface area contributed by atoms with Gasteiger partial charge < -0.3 is 28.2 Å². The van der Waals surface area contributed by atoms with Gasteiger partial charge in [-0.25, -0.2) is 4.79 Å². The summed E-state index contributed by atoms with van der Waals surface area (Å²) in [6.45, 7) is 7.23. The van der Waals surface area contributed by atoms with Crippen LogP contribution >= 0.6 is 0 Å². The Hall–Kier alpha value is -3.24. The van der Waals surface area contributed by atoms with Gasteiger partial charge >= 0.3 is 16.1 Å². The Morgan fingerprint density at radius 3 is 2.38 bits per heavy atom. The van der Waals surface area contributed by atoms with Crippen LogP contribution in [0, 0.1) is 0 Å². The lowest BCUT2D eigenvalue weighted by Gasteiger charge is -2.19. The average molecular weight is 579 g/mol. The Kier molecular flexibility index (Phi) is 14.4. The lowest BCUT2D eigenvalue weighted by Crippen LogP contribution is -2.14.